The van der Waals surface area contributed by atoms with Crippen molar-refractivity contribution in [1.82, 2.24) is 19.4 Å². The zero-order valence-electron chi connectivity index (χ0n) is 11.9. The maximum atomic E-state index is 11.6. The molecule has 2 N–H and O–H groups in total. The van der Waals surface area contributed by atoms with E-state index in [2.05, 4.69) is 28.6 Å². The van der Waals surface area contributed by atoms with E-state index in [0.29, 0.717) is 12.6 Å². The summed E-state index contributed by atoms with van der Waals surface area (Å²) in [5, 5.41) is 0. The van der Waals surface area contributed by atoms with Gasteiger partial charge in [-0.05, 0) is 13.8 Å². The van der Waals surface area contributed by atoms with E-state index in [9.17, 15) is 4.79 Å². The fourth-order valence-electron chi connectivity index (χ4n) is 2.62. The van der Waals surface area contributed by atoms with Gasteiger partial charge in [-0.25, -0.2) is 4.98 Å². The number of primary amides is 1. The molecule has 0 saturated carbocycles. The van der Waals surface area contributed by atoms with E-state index in [0.717, 1.165) is 25.5 Å². The molecular weight excluding hydrogens is 242 g/mol. The van der Waals surface area contributed by atoms with Gasteiger partial charge in [0.05, 0.1) is 6.54 Å². The van der Waals surface area contributed by atoms with Crippen LogP contribution in [0.1, 0.15) is 19.7 Å². The number of nitrogens with zero attached hydrogens (tertiary/aromatic N) is 4. The summed E-state index contributed by atoms with van der Waals surface area (Å²) in [5.74, 6) is 0.777. The number of amides is 1. The largest absolute Gasteiger partial charge is 0.368 e. The Hall–Kier alpha value is -1.40. The van der Waals surface area contributed by atoms with E-state index in [1.165, 1.54) is 0 Å². The van der Waals surface area contributed by atoms with Gasteiger partial charge in [0.2, 0.25) is 5.91 Å². The summed E-state index contributed by atoms with van der Waals surface area (Å²) in [5.41, 5.74) is 5.53. The maximum Gasteiger partial charge on any atom is 0.236 e. The van der Waals surface area contributed by atoms with Crippen molar-refractivity contribution in [3.05, 3.63) is 18.2 Å². The van der Waals surface area contributed by atoms with Gasteiger partial charge in [-0.15, -0.1) is 0 Å². The molecule has 1 fully saturated rings. The number of aromatic nitrogens is 2. The lowest BCUT2D eigenvalue weighted by atomic mass is 10.1. The molecule has 1 atom stereocenters. The van der Waals surface area contributed by atoms with Crippen molar-refractivity contribution in [3.63, 3.8) is 0 Å². The van der Waals surface area contributed by atoms with Gasteiger partial charge in [0.15, 0.2) is 0 Å². The standard InChI is InChI=1S/C13H23N5O/c1-10(2)18-7-6-17(8-11(18)13(14)19)9-12-15-4-5-16(12)3/h4-5,10-11H,6-9H2,1-3H3,(H2,14,19)/t11-/m1/s1. The lowest BCUT2D eigenvalue weighted by molar-refractivity contribution is -0.126. The number of aryl methyl sites for hydroxylation is 1. The van der Waals surface area contributed by atoms with Gasteiger partial charge >= 0.3 is 0 Å². The Morgan fingerprint density at radius 3 is 2.79 bits per heavy atom. The number of nitrogens with two attached hydrogens (primary N) is 1. The highest BCUT2D eigenvalue weighted by atomic mass is 16.1. The normalized spacial score (nSPS) is 22.0. The highest BCUT2D eigenvalue weighted by Crippen LogP contribution is 2.15. The van der Waals surface area contributed by atoms with Gasteiger partial charge in [-0.3, -0.25) is 14.6 Å². The molecule has 0 aliphatic carbocycles. The molecule has 1 aliphatic heterocycles. The molecule has 1 saturated heterocycles. The van der Waals surface area contributed by atoms with Crippen molar-refractivity contribution in [2.45, 2.75) is 32.5 Å². The Bertz CT molecular complexity index is 442. The van der Waals surface area contributed by atoms with Crippen molar-refractivity contribution >= 4 is 5.91 Å². The minimum atomic E-state index is -0.238. The van der Waals surface area contributed by atoms with E-state index in [-0.39, 0.29) is 11.9 Å². The first-order valence-electron chi connectivity index (χ1n) is 6.72. The first-order valence-corrected chi connectivity index (χ1v) is 6.72. The molecule has 1 aromatic heterocycles. The Labute approximate surface area is 114 Å². The molecule has 1 aliphatic rings. The molecule has 6 nitrogen and oxygen atoms in total. The lowest BCUT2D eigenvalue weighted by Crippen LogP contribution is -2.59. The second-order valence-corrected chi connectivity index (χ2v) is 5.44. The summed E-state index contributed by atoms with van der Waals surface area (Å²) in [6, 6.07) is 0.141. The molecule has 1 amide bonds. The third-order valence-electron chi connectivity index (χ3n) is 3.78. The van der Waals surface area contributed by atoms with Crippen molar-refractivity contribution in [2.24, 2.45) is 12.8 Å². The molecular formula is C13H23N5O. The van der Waals surface area contributed by atoms with Crippen LogP contribution < -0.4 is 5.73 Å². The summed E-state index contributed by atoms with van der Waals surface area (Å²) in [7, 11) is 1.98. The van der Waals surface area contributed by atoms with Gasteiger partial charge in [-0.1, -0.05) is 0 Å². The van der Waals surface area contributed by atoms with Crippen LogP contribution in [0.15, 0.2) is 12.4 Å². The summed E-state index contributed by atoms with van der Waals surface area (Å²) in [6.45, 7) is 7.46. The van der Waals surface area contributed by atoms with Gasteiger partial charge in [0, 0.05) is 45.1 Å². The smallest absolute Gasteiger partial charge is 0.236 e. The van der Waals surface area contributed by atoms with Crippen molar-refractivity contribution in [2.75, 3.05) is 19.6 Å². The molecule has 1 aromatic rings. The molecule has 6 heteroatoms. The zero-order valence-corrected chi connectivity index (χ0v) is 11.9. The van der Waals surface area contributed by atoms with Crippen LogP contribution in [0.2, 0.25) is 0 Å². The number of carbonyl (C=O) groups excluding carboxylic acids is 1. The van der Waals surface area contributed by atoms with Gasteiger partial charge in [-0.2, -0.15) is 0 Å². The molecule has 0 radical (unpaired) electrons. The summed E-state index contributed by atoms with van der Waals surface area (Å²) < 4.78 is 2.01. The quantitative estimate of drug-likeness (QED) is 0.819. The Morgan fingerprint density at radius 1 is 1.53 bits per heavy atom. The SMILES string of the molecule is CC(C)N1CCN(Cc2nccn2C)C[C@@H]1C(N)=O. The first-order chi connectivity index (χ1) is 8.99. The van der Waals surface area contributed by atoms with E-state index in [1.54, 1.807) is 6.20 Å². The number of hydrogen-bond acceptors (Lipinski definition) is 4. The first kappa shape index (κ1) is 14.0. The fraction of sp³-hybridized carbons (Fsp3) is 0.692. The third kappa shape index (κ3) is 3.13. The molecule has 19 heavy (non-hydrogen) atoms. The molecule has 0 aromatic carbocycles. The van der Waals surface area contributed by atoms with Crippen LogP contribution in [-0.2, 0) is 18.4 Å². The molecule has 106 valence electrons. The van der Waals surface area contributed by atoms with E-state index < -0.39 is 0 Å². The second kappa shape index (κ2) is 5.71. The van der Waals surface area contributed by atoms with Crippen molar-refractivity contribution in [3.8, 4) is 0 Å². The predicted molar refractivity (Wildman–Crippen MR) is 73.3 cm³/mol. The van der Waals surface area contributed by atoms with Crippen LogP contribution in [0, 0.1) is 0 Å². The summed E-state index contributed by atoms with van der Waals surface area (Å²) >= 11 is 0. The monoisotopic (exact) mass is 265 g/mol. The van der Waals surface area contributed by atoms with Crippen LogP contribution in [0.5, 0.6) is 0 Å². The molecule has 0 unspecified atom stereocenters. The number of hydrogen-bond donors (Lipinski definition) is 1. The van der Waals surface area contributed by atoms with Gasteiger partial charge in [0.1, 0.15) is 11.9 Å². The summed E-state index contributed by atoms with van der Waals surface area (Å²) in [4.78, 5) is 20.4. The lowest BCUT2D eigenvalue weighted by Gasteiger charge is -2.41. The van der Waals surface area contributed by atoms with Crippen LogP contribution in [0.4, 0.5) is 0 Å². The molecule has 0 bridgehead atoms. The minimum Gasteiger partial charge on any atom is -0.368 e. The summed E-state index contributed by atoms with van der Waals surface area (Å²) in [6.07, 6.45) is 3.73. The van der Waals surface area contributed by atoms with Crippen LogP contribution in [-0.4, -0.2) is 57.0 Å². The van der Waals surface area contributed by atoms with Crippen LogP contribution >= 0.6 is 0 Å². The van der Waals surface area contributed by atoms with Crippen LogP contribution in [0.25, 0.3) is 0 Å². The molecule has 2 rings (SSSR count). The van der Waals surface area contributed by atoms with E-state index in [4.69, 9.17) is 5.73 Å². The second-order valence-electron chi connectivity index (χ2n) is 5.44. The Morgan fingerprint density at radius 2 is 2.26 bits per heavy atom. The van der Waals surface area contributed by atoms with Crippen molar-refractivity contribution in [1.29, 1.82) is 0 Å². The number of piperazine rings is 1. The predicted octanol–water partition coefficient (Wildman–Crippen LogP) is -0.200. The van der Waals surface area contributed by atoms with Crippen LogP contribution in [0.3, 0.4) is 0 Å². The fourth-order valence-corrected chi connectivity index (χ4v) is 2.62. The zero-order chi connectivity index (χ0) is 14.0. The highest BCUT2D eigenvalue weighted by Gasteiger charge is 2.32. The van der Waals surface area contributed by atoms with E-state index in [1.807, 2.05) is 17.8 Å². The maximum absolute atomic E-state index is 11.6. The minimum absolute atomic E-state index is 0.200. The number of imidazole rings is 1. The molecule has 0 spiro atoms. The third-order valence-corrected chi connectivity index (χ3v) is 3.78. The Kier molecular flexibility index (Phi) is 4.21. The molecule has 2 heterocycles. The topological polar surface area (TPSA) is 67.4 Å². The van der Waals surface area contributed by atoms with Crippen molar-refractivity contribution < 1.29 is 4.79 Å². The Balaban J connectivity index is 2.03. The average Bonchev–Trinajstić information content (AvgIpc) is 2.74. The number of rotatable bonds is 4. The van der Waals surface area contributed by atoms with Gasteiger partial charge in [0.25, 0.3) is 0 Å². The van der Waals surface area contributed by atoms with Gasteiger partial charge < -0.3 is 10.3 Å². The average molecular weight is 265 g/mol. The highest BCUT2D eigenvalue weighted by molar-refractivity contribution is 5.80. The van der Waals surface area contributed by atoms with E-state index >= 15 is 0 Å². The number of carbonyl (C=O) groups is 1.